The zero-order valence-corrected chi connectivity index (χ0v) is 13.6. The lowest BCUT2D eigenvalue weighted by atomic mass is 10.1. The van der Waals surface area contributed by atoms with Gasteiger partial charge in [0.1, 0.15) is 5.82 Å². The van der Waals surface area contributed by atoms with Gasteiger partial charge in [-0.2, -0.15) is 5.10 Å². The summed E-state index contributed by atoms with van der Waals surface area (Å²) in [7, 11) is 0. The Balaban J connectivity index is 1.47. The van der Waals surface area contributed by atoms with Crippen molar-refractivity contribution in [2.45, 2.75) is 26.3 Å². The predicted molar refractivity (Wildman–Crippen MR) is 94.5 cm³/mol. The fourth-order valence-electron chi connectivity index (χ4n) is 2.41. The topological polar surface area (TPSA) is 59.8 Å². The van der Waals surface area contributed by atoms with Crippen molar-refractivity contribution in [2.75, 3.05) is 5.32 Å². The number of hydrogen-bond donors (Lipinski definition) is 1. The Kier molecular flexibility index (Phi) is 5.01. The van der Waals surface area contributed by atoms with Crippen molar-refractivity contribution in [1.29, 1.82) is 0 Å². The van der Waals surface area contributed by atoms with Gasteiger partial charge in [0.05, 0.1) is 6.20 Å². The Morgan fingerprint density at radius 1 is 1.08 bits per heavy atom. The lowest BCUT2D eigenvalue weighted by Crippen LogP contribution is -2.13. The molecule has 0 aliphatic rings. The molecular formula is C19H20N4O. The second kappa shape index (κ2) is 7.55. The number of anilines is 1. The molecule has 0 saturated heterocycles. The molecule has 5 nitrogen and oxygen atoms in total. The minimum atomic E-state index is -0.0261. The normalized spacial score (nSPS) is 10.5. The lowest BCUT2D eigenvalue weighted by Gasteiger charge is -2.05. The Labute approximate surface area is 141 Å². The largest absolute Gasteiger partial charge is 0.311 e. The molecule has 1 amide bonds. The second-order valence-electron chi connectivity index (χ2n) is 5.73. The Hall–Kier alpha value is -2.95. The average molecular weight is 320 g/mol. The third-order valence-corrected chi connectivity index (χ3v) is 3.71. The van der Waals surface area contributed by atoms with Gasteiger partial charge in [0.25, 0.3) is 0 Å². The molecule has 3 rings (SSSR count). The quantitative estimate of drug-likeness (QED) is 0.754. The van der Waals surface area contributed by atoms with Crippen LogP contribution in [0.5, 0.6) is 0 Å². The van der Waals surface area contributed by atoms with Gasteiger partial charge in [0, 0.05) is 30.9 Å². The van der Waals surface area contributed by atoms with Crippen LogP contribution in [-0.2, 0) is 11.3 Å². The van der Waals surface area contributed by atoms with Crippen LogP contribution in [0.25, 0.3) is 11.1 Å². The maximum Gasteiger partial charge on any atom is 0.225 e. The number of carbonyl (C=O) groups is 1. The first-order valence-electron chi connectivity index (χ1n) is 8.01. The highest BCUT2D eigenvalue weighted by Crippen LogP contribution is 2.17. The summed E-state index contributed by atoms with van der Waals surface area (Å²) in [6.07, 6.45) is 6.77. The predicted octanol–water partition coefficient (Wildman–Crippen LogP) is 3.67. The van der Waals surface area contributed by atoms with E-state index in [0.29, 0.717) is 18.8 Å². The van der Waals surface area contributed by atoms with E-state index < -0.39 is 0 Å². The zero-order chi connectivity index (χ0) is 16.8. The first-order valence-corrected chi connectivity index (χ1v) is 8.01. The van der Waals surface area contributed by atoms with Gasteiger partial charge in [-0.15, -0.1) is 0 Å². The lowest BCUT2D eigenvalue weighted by molar-refractivity contribution is -0.116. The number of pyridine rings is 1. The van der Waals surface area contributed by atoms with Gasteiger partial charge in [-0.3, -0.25) is 9.48 Å². The van der Waals surface area contributed by atoms with Gasteiger partial charge in [0.2, 0.25) is 5.91 Å². The molecule has 0 saturated carbocycles. The molecule has 24 heavy (non-hydrogen) atoms. The summed E-state index contributed by atoms with van der Waals surface area (Å²) in [6.45, 7) is 2.67. The number of benzene rings is 1. The van der Waals surface area contributed by atoms with Crippen LogP contribution < -0.4 is 5.32 Å². The van der Waals surface area contributed by atoms with Crippen molar-refractivity contribution in [2.24, 2.45) is 0 Å². The van der Waals surface area contributed by atoms with Crippen LogP contribution in [0.3, 0.4) is 0 Å². The van der Waals surface area contributed by atoms with E-state index >= 15 is 0 Å². The molecular weight excluding hydrogens is 300 g/mol. The minimum absolute atomic E-state index is 0.0261. The molecule has 3 aromatic rings. The van der Waals surface area contributed by atoms with E-state index in [1.165, 1.54) is 0 Å². The summed E-state index contributed by atoms with van der Waals surface area (Å²) in [4.78, 5) is 16.1. The van der Waals surface area contributed by atoms with Crippen LogP contribution >= 0.6 is 0 Å². The summed E-state index contributed by atoms with van der Waals surface area (Å²) in [6, 6.07) is 13.9. The van der Waals surface area contributed by atoms with Crippen molar-refractivity contribution < 1.29 is 4.79 Å². The highest BCUT2D eigenvalue weighted by atomic mass is 16.1. The number of carbonyl (C=O) groups excluding carboxylic acids is 1. The SMILES string of the molecule is Cc1ccc(NC(=O)CCCn2cc(-c3ccccc3)cn2)nc1. The van der Waals surface area contributed by atoms with Crippen LogP contribution in [0.2, 0.25) is 0 Å². The fraction of sp³-hybridized carbons (Fsp3) is 0.211. The van der Waals surface area contributed by atoms with E-state index in [-0.39, 0.29) is 5.91 Å². The smallest absolute Gasteiger partial charge is 0.225 e. The maximum atomic E-state index is 11.9. The van der Waals surface area contributed by atoms with E-state index in [9.17, 15) is 4.79 Å². The van der Waals surface area contributed by atoms with Gasteiger partial charge in [-0.1, -0.05) is 36.4 Å². The first-order chi connectivity index (χ1) is 11.7. The highest BCUT2D eigenvalue weighted by Gasteiger charge is 2.05. The Morgan fingerprint density at radius 3 is 2.67 bits per heavy atom. The Bertz CT molecular complexity index is 794. The van der Waals surface area contributed by atoms with E-state index in [1.54, 1.807) is 6.20 Å². The van der Waals surface area contributed by atoms with Gasteiger partial charge in [-0.25, -0.2) is 4.98 Å². The minimum Gasteiger partial charge on any atom is -0.311 e. The summed E-state index contributed by atoms with van der Waals surface area (Å²) in [5.74, 6) is 0.567. The van der Waals surface area contributed by atoms with Crippen molar-refractivity contribution in [3.05, 3.63) is 66.6 Å². The first kappa shape index (κ1) is 15.9. The van der Waals surface area contributed by atoms with Crippen molar-refractivity contribution in [3.8, 4) is 11.1 Å². The molecule has 0 atom stereocenters. The molecule has 122 valence electrons. The second-order valence-corrected chi connectivity index (χ2v) is 5.73. The molecule has 2 heterocycles. The van der Waals surface area contributed by atoms with Crippen LogP contribution in [0.15, 0.2) is 61.1 Å². The molecule has 0 aliphatic heterocycles. The van der Waals surface area contributed by atoms with Crippen LogP contribution in [0.4, 0.5) is 5.82 Å². The summed E-state index contributed by atoms with van der Waals surface area (Å²) < 4.78 is 1.87. The van der Waals surface area contributed by atoms with Crippen molar-refractivity contribution in [3.63, 3.8) is 0 Å². The molecule has 0 spiro atoms. The van der Waals surface area contributed by atoms with Crippen molar-refractivity contribution >= 4 is 11.7 Å². The summed E-state index contributed by atoms with van der Waals surface area (Å²) in [5, 5.41) is 7.16. The van der Waals surface area contributed by atoms with E-state index in [1.807, 2.05) is 54.3 Å². The van der Waals surface area contributed by atoms with E-state index in [4.69, 9.17) is 0 Å². The van der Waals surface area contributed by atoms with Gasteiger partial charge < -0.3 is 5.32 Å². The van der Waals surface area contributed by atoms with Gasteiger partial charge in [0.15, 0.2) is 0 Å². The van der Waals surface area contributed by atoms with E-state index in [2.05, 4.69) is 27.5 Å². The molecule has 0 fully saturated rings. The average Bonchev–Trinajstić information content (AvgIpc) is 3.07. The molecule has 0 radical (unpaired) electrons. The molecule has 0 unspecified atom stereocenters. The molecule has 0 aliphatic carbocycles. The summed E-state index contributed by atoms with van der Waals surface area (Å²) in [5.41, 5.74) is 3.30. The monoisotopic (exact) mass is 320 g/mol. The standard InChI is InChI=1S/C19H20N4O/c1-15-9-10-18(20-12-15)22-19(24)8-5-11-23-14-17(13-21-23)16-6-3-2-4-7-16/h2-4,6-7,9-10,12-14H,5,8,11H2,1H3,(H,20,22,24). The van der Waals surface area contributed by atoms with E-state index in [0.717, 1.165) is 23.1 Å². The molecule has 1 N–H and O–H groups in total. The maximum absolute atomic E-state index is 11.9. The van der Waals surface area contributed by atoms with Crippen LogP contribution in [0, 0.1) is 6.92 Å². The Morgan fingerprint density at radius 2 is 1.92 bits per heavy atom. The number of aryl methyl sites for hydroxylation is 2. The fourth-order valence-corrected chi connectivity index (χ4v) is 2.41. The number of amides is 1. The number of nitrogens with one attached hydrogen (secondary N) is 1. The van der Waals surface area contributed by atoms with Crippen LogP contribution in [0.1, 0.15) is 18.4 Å². The number of rotatable bonds is 6. The summed E-state index contributed by atoms with van der Waals surface area (Å²) >= 11 is 0. The number of aromatic nitrogens is 3. The van der Waals surface area contributed by atoms with Gasteiger partial charge in [-0.05, 0) is 30.5 Å². The third kappa shape index (κ3) is 4.29. The highest BCUT2D eigenvalue weighted by molar-refractivity contribution is 5.89. The molecule has 5 heteroatoms. The zero-order valence-electron chi connectivity index (χ0n) is 13.6. The number of nitrogens with zero attached hydrogens (tertiary/aromatic N) is 3. The third-order valence-electron chi connectivity index (χ3n) is 3.71. The molecule has 0 bridgehead atoms. The molecule has 2 aromatic heterocycles. The van der Waals surface area contributed by atoms with Crippen molar-refractivity contribution in [1.82, 2.24) is 14.8 Å². The van der Waals surface area contributed by atoms with Crippen LogP contribution in [-0.4, -0.2) is 20.7 Å². The molecule has 1 aromatic carbocycles. The number of hydrogen-bond acceptors (Lipinski definition) is 3. The van der Waals surface area contributed by atoms with Gasteiger partial charge >= 0.3 is 0 Å².